The van der Waals surface area contributed by atoms with E-state index in [1.54, 1.807) is 18.4 Å². The standard InChI is InChI=1S/C20H27N5O2S/c1-12(20-8-13-5-14(9-20)7-15(6-13)10-20)22-17(26)11-28-19-24-23-18(25(19)21)16-3-2-4-27-16/h2-4,12-15H,5-11,21H2,1H3,(H,22,26)/t12-,13?,14?,15?,20?/m1/s1. The molecule has 2 aromatic rings. The van der Waals surface area contributed by atoms with E-state index in [1.165, 1.54) is 55.0 Å². The third kappa shape index (κ3) is 3.11. The highest BCUT2D eigenvalue weighted by molar-refractivity contribution is 7.99. The average Bonchev–Trinajstić information content (AvgIpc) is 3.28. The van der Waals surface area contributed by atoms with E-state index in [9.17, 15) is 4.79 Å². The molecule has 2 heterocycles. The second-order valence-corrected chi connectivity index (χ2v) is 9.95. The summed E-state index contributed by atoms with van der Waals surface area (Å²) in [5, 5.41) is 11.9. The summed E-state index contributed by atoms with van der Waals surface area (Å²) in [7, 11) is 0. The number of hydrogen-bond donors (Lipinski definition) is 2. The third-order valence-corrected chi connectivity index (χ3v) is 8.06. The lowest BCUT2D eigenvalue weighted by Gasteiger charge is -2.59. The van der Waals surface area contributed by atoms with Gasteiger partial charge in [-0.25, -0.2) is 4.68 Å². The van der Waals surface area contributed by atoms with Crippen molar-refractivity contribution in [1.29, 1.82) is 0 Å². The number of nitrogen functional groups attached to an aromatic ring is 1. The Balaban J connectivity index is 1.19. The van der Waals surface area contributed by atoms with E-state index in [4.69, 9.17) is 10.3 Å². The Morgan fingerprint density at radius 1 is 1.32 bits per heavy atom. The quantitative estimate of drug-likeness (QED) is 0.570. The second kappa shape index (κ2) is 6.83. The zero-order chi connectivity index (χ0) is 19.3. The van der Waals surface area contributed by atoms with Crippen LogP contribution in [0.15, 0.2) is 28.0 Å². The fourth-order valence-electron chi connectivity index (χ4n) is 6.22. The van der Waals surface area contributed by atoms with E-state index in [0.29, 0.717) is 22.2 Å². The molecule has 0 saturated heterocycles. The number of rotatable bonds is 6. The Kier molecular flexibility index (Phi) is 4.41. The molecule has 0 unspecified atom stereocenters. The molecule has 7 nitrogen and oxygen atoms in total. The van der Waals surface area contributed by atoms with Gasteiger partial charge in [-0.05, 0) is 80.8 Å². The molecule has 1 atom stereocenters. The number of aromatic nitrogens is 3. The minimum atomic E-state index is 0.0378. The number of amides is 1. The molecule has 4 fully saturated rings. The molecule has 28 heavy (non-hydrogen) atoms. The van der Waals surface area contributed by atoms with Gasteiger partial charge < -0.3 is 15.6 Å². The van der Waals surface area contributed by atoms with Gasteiger partial charge >= 0.3 is 0 Å². The first-order chi connectivity index (χ1) is 13.5. The van der Waals surface area contributed by atoms with Crippen LogP contribution in [-0.2, 0) is 4.79 Å². The molecule has 1 amide bonds. The zero-order valence-corrected chi connectivity index (χ0v) is 17.0. The van der Waals surface area contributed by atoms with Gasteiger partial charge in [-0.2, -0.15) is 0 Å². The van der Waals surface area contributed by atoms with Crippen LogP contribution in [0.2, 0.25) is 0 Å². The maximum Gasteiger partial charge on any atom is 0.230 e. The SMILES string of the molecule is C[C@@H](NC(=O)CSc1nnc(-c2ccco2)n1N)C12CC3CC(CC(C3)C1)C2. The van der Waals surface area contributed by atoms with Gasteiger partial charge in [0.1, 0.15) is 0 Å². The molecule has 4 aliphatic carbocycles. The van der Waals surface area contributed by atoms with Crippen molar-refractivity contribution in [3.05, 3.63) is 18.4 Å². The van der Waals surface area contributed by atoms with Gasteiger partial charge in [-0.3, -0.25) is 4.79 Å². The van der Waals surface area contributed by atoms with Crippen LogP contribution in [0, 0.1) is 23.2 Å². The minimum Gasteiger partial charge on any atom is -0.461 e. The van der Waals surface area contributed by atoms with Crippen molar-refractivity contribution in [2.75, 3.05) is 11.6 Å². The molecular formula is C20H27N5O2S. The summed E-state index contributed by atoms with van der Waals surface area (Å²) in [5.41, 5.74) is 0.315. The summed E-state index contributed by atoms with van der Waals surface area (Å²) >= 11 is 1.30. The summed E-state index contributed by atoms with van der Waals surface area (Å²) in [5.74, 6) is 10.0. The highest BCUT2D eigenvalue weighted by Crippen LogP contribution is 2.61. The molecular weight excluding hydrogens is 374 g/mol. The zero-order valence-electron chi connectivity index (χ0n) is 16.1. The maximum absolute atomic E-state index is 12.6. The first-order valence-corrected chi connectivity index (χ1v) is 11.2. The monoisotopic (exact) mass is 401 g/mol. The maximum atomic E-state index is 12.6. The first-order valence-electron chi connectivity index (χ1n) is 10.2. The molecule has 4 aliphatic rings. The number of nitrogens with zero attached hydrogens (tertiary/aromatic N) is 3. The predicted octanol–water partition coefficient (Wildman–Crippen LogP) is 3.07. The molecule has 0 aromatic carbocycles. The molecule has 0 radical (unpaired) electrons. The van der Waals surface area contributed by atoms with E-state index in [1.807, 2.05) is 0 Å². The fourth-order valence-corrected chi connectivity index (χ4v) is 6.89. The Morgan fingerprint density at radius 2 is 2.00 bits per heavy atom. The van der Waals surface area contributed by atoms with Crippen LogP contribution in [0.4, 0.5) is 0 Å². The van der Waals surface area contributed by atoms with Crippen molar-refractivity contribution in [3.8, 4) is 11.6 Å². The summed E-state index contributed by atoms with van der Waals surface area (Å²) in [6.07, 6.45) is 9.68. The Morgan fingerprint density at radius 3 is 2.61 bits per heavy atom. The van der Waals surface area contributed by atoms with Crippen LogP contribution in [0.1, 0.15) is 45.4 Å². The van der Waals surface area contributed by atoms with E-state index in [0.717, 1.165) is 17.8 Å². The molecule has 2 aromatic heterocycles. The number of carbonyl (C=O) groups is 1. The first kappa shape index (κ1) is 18.1. The van der Waals surface area contributed by atoms with Gasteiger partial charge in [-0.15, -0.1) is 10.2 Å². The van der Waals surface area contributed by atoms with E-state index in [2.05, 4.69) is 22.4 Å². The topological polar surface area (TPSA) is 99.0 Å². The van der Waals surface area contributed by atoms with Crippen LogP contribution >= 0.6 is 11.8 Å². The van der Waals surface area contributed by atoms with Crippen LogP contribution in [-0.4, -0.2) is 32.6 Å². The van der Waals surface area contributed by atoms with Gasteiger partial charge in [0.05, 0.1) is 12.0 Å². The fraction of sp³-hybridized carbons (Fsp3) is 0.650. The number of carbonyl (C=O) groups excluding carboxylic acids is 1. The normalized spacial score (nSPS) is 31.8. The van der Waals surface area contributed by atoms with Gasteiger partial charge in [0, 0.05) is 6.04 Å². The second-order valence-electron chi connectivity index (χ2n) is 9.01. The third-order valence-electron chi connectivity index (χ3n) is 7.12. The summed E-state index contributed by atoms with van der Waals surface area (Å²) in [6.45, 7) is 2.20. The summed E-state index contributed by atoms with van der Waals surface area (Å²) in [6, 6.07) is 3.78. The van der Waals surface area contributed by atoms with Crippen molar-refractivity contribution in [3.63, 3.8) is 0 Å². The van der Waals surface area contributed by atoms with Gasteiger partial charge in [0.25, 0.3) is 0 Å². The number of hydrogen-bond acceptors (Lipinski definition) is 6. The average molecular weight is 402 g/mol. The lowest BCUT2D eigenvalue weighted by molar-refractivity contribution is -0.123. The number of nitrogens with two attached hydrogens (primary N) is 1. The van der Waals surface area contributed by atoms with E-state index < -0.39 is 0 Å². The molecule has 3 N–H and O–H groups in total. The molecule has 6 rings (SSSR count). The van der Waals surface area contributed by atoms with E-state index >= 15 is 0 Å². The minimum absolute atomic E-state index is 0.0378. The van der Waals surface area contributed by atoms with Crippen LogP contribution in [0.3, 0.4) is 0 Å². The lowest BCUT2D eigenvalue weighted by atomic mass is 9.48. The van der Waals surface area contributed by atoms with Gasteiger partial charge in [0.15, 0.2) is 5.76 Å². The van der Waals surface area contributed by atoms with Crippen LogP contribution in [0.5, 0.6) is 0 Å². The predicted molar refractivity (Wildman–Crippen MR) is 107 cm³/mol. The van der Waals surface area contributed by atoms with Crippen molar-refractivity contribution in [1.82, 2.24) is 20.2 Å². The smallest absolute Gasteiger partial charge is 0.230 e. The Labute approximate surface area is 168 Å². The largest absolute Gasteiger partial charge is 0.461 e. The number of thioether (sulfide) groups is 1. The number of furan rings is 1. The molecule has 150 valence electrons. The Bertz CT molecular complexity index is 827. The van der Waals surface area contributed by atoms with Crippen LogP contribution < -0.4 is 11.2 Å². The van der Waals surface area contributed by atoms with Crippen LogP contribution in [0.25, 0.3) is 11.6 Å². The molecule has 0 spiro atoms. The number of nitrogens with one attached hydrogen (secondary N) is 1. The summed E-state index contributed by atoms with van der Waals surface area (Å²) < 4.78 is 6.69. The molecule has 8 heteroatoms. The van der Waals surface area contributed by atoms with Gasteiger partial charge in [-0.1, -0.05) is 11.8 Å². The lowest BCUT2D eigenvalue weighted by Crippen LogP contribution is -2.56. The molecule has 0 aliphatic heterocycles. The van der Waals surface area contributed by atoms with Crippen molar-refractivity contribution in [2.24, 2.45) is 23.2 Å². The van der Waals surface area contributed by atoms with Crippen molar-refractivity contribution < 1.29 is 9.21 Å². The molecule has 4 bridgehead atoms. The van der Waals surface area contributed by atoms with Crippen molar-refractivity contribution in [2.45, 2.75) is 56.6 Å². The highest BCUT2D eigenvalue weighted by Gasteiger charge is 2.53. The van der Waals surface area contributed by atoms with Crippen molar-refractivity contribution >= 4 is 17.7 Å². The molecule has 4 saturated carbocycles. The summed E-state index contributed by atoms with van der Waals surface area (Å²) in [4.78, 5) is 12.6. The highest BCUT2D eigenvalue weighted by atomic mass is 32.2. The van der Waals surface area contributed by atoms with E-state index in [-0.39, 0.29) is 17.7 Å². The van der Waals surface area contributed by atoms with Gasteiger partial charge in [0.2, 0.25) is 16.9 Å². The Hall–Kier alpha value is -1.96.